The fourth-order valence-electron chi connectivity index (χ4n) is 1.86. The van der Waals surface area contributed by atoms with Gasteiger partial charge >= 0.3 is 0 Å². The van der Waals surface area contributed by atoms with Gasteiger partial charge in [0.1, 0.15) is 0 Å². The number of rotatable bonds is 2. The van der Waals surface area contributed by atoms with E-state index in [9.17, 15) is 0 Å². The molecule has 2 saturated carbocycles. The van der Waals surface area contributed by atoms with E-state index in [1.807, 2.05) is 6.92 Å². The zero-order chi connectivity index (χ0) is 6.43. The fraction of sp³-hybridized carbons (Fsp3) is 1.00. The Kier molecular flexibility index (Phi) is 1.10. The lowest BCUT2D eigenvalue weighted by molar-refractivity contribution is 0.162. The molecule has 0 heterocycles. The highest BCUT2D eigenvalue weighted by molar-refractivity contribution is 4.98. The molecule has 9 heavy (non-hydrogen) atoms. The first-order valence-electron chi connectivity index (χ1n) is 3.97. The van der Waals surface area contributed by atoms with Crippen LogP contribution in [0.25, 0.3) is 0 Å². The Morgan fingerprint density at radius 1 is 1.44 bits per heavy atom. The molecule has 0 radical (unpaired) electrons. The summed E-state index contributed by atoms with van der Waals surface area (Å²) >= 11 is 0. The van der Waals surface area contributed by atoms with Crippen molar-refractivity contribution in [3.8, 4) is 0 Å². The van der Waals surface area contributed by atoms with Gasteiger partial charge < -0.3 is 5.11 Å². The molecule has 2 fully saturated rings. The van der Waals surface area contributed by atoms with Crippen LogP contribution in [-0.2, 0) is 0 Å². The van der Waals surface area contributed by atoms with Crippen LogP contribution in [0.1, 0.15) is 26.2 Å². The second-order valence-electron chi connectivity index (χ2n) is 3.64. The first-order chi connectivity index (χ1) is 4.29. The van der Waals surface area contributed by atoms with E-state index in [1.54, 1.807) is 0 Å². The summed E-state index contributed by atoms with van der Waals surface area (Å²) in [6, 6.07) is 0. The molecule has 3 atom stereocenters. The van der Waals surface area contributed by atoms with Crippen molar-refractivity contribution in [1.29, 1.82) is 0 Å². The second-order valence-corrected chi connectivity index (χ2v) is 3.64. The van der Waals surface area contributed by atoms with Gasteiger partial charge in [0.2, 0.25) is 0 Å². The van der Waals surface area contributed by atoms with Crippen LogP contribution in [-0.4, -0.2) is 11.2 Å². The Bertz CT molecular complexity index is 110. The van der Waals surface area contributed by atoms with Crippen LogP contribution in [0.15, 0.2) is 0 Å². The maximum atomic E-state index is 9.14. The van der Waals surface area contributed by atoms with Gasteiger partial charge in [-0.15, -0.1) is 0 Å². The van der Waals surface area contributed by atoms with Crippen LogP contribution in [0.3, 0.4) is 0 Å². The van der Waals surface area contributed by atoms with Gasteiger partial charge in [-0.05, 0) is 43.9 Å². The highest BCUT2D eigenvalue weighted by Gasteiger charge is 2.49. The van der Waals surface area contributed by atoms with Gasteiger partial charge in [0.25, 0.3) is 0 Å². The highest BCUT2D eigenvalue weighted by atomic mass is 16.3. The van der Waals surface area contributed by atoms with Gasteiger partial charge in [0.15, 0.2) is 0 Å². The molecule has 0 bridgehead atoms. The quantitative estimate of drug-likeness (QED) is 0.593. The van der Waals surface area contributed by atoms with Crippen LogP contribution in [0, 0.1) is 17.8 Å². The van der Waals surface area contributed by atoms with Crippen molar-refractivity contribution in [2.45, 2.75) is 32.3 Å². The van der Waals surface area contributed by atoms with Crippen molar-refractivity contribution in [1.82, 2.24) is 0 Å². The Labute approximate surface area is 56.1 Å². The number of aliphatic hydroxyl groups excluding tert-OH is 1. The van der Waals surface area contributed by atoms with E-state index in [-0.39, 0.29) is 6.10 Å². The SMILES string of the molecule is C[C@@H](O)[C@@H]1C[C@H]1C1CC1. The fourth-order valence-corrected chi connectivity index (χ4v) is 1.86. The van der Waals surface area contributed by atoms with Crippen molar-refractivity contribution in [2.75, 3.05) is 0 Å². The molecule has 0 aromatic heterocycles. The van der Waals surface area contributed by atoms with E-state index in [0.717, 1.165) is 11.8 Å². The van der Waals surface area contributed by atoms with Crippen LogP contribution in [0.5, 0.6) is 0 Å². The summed E-state index contributed by atoms with van der Waals surface area (Å²) in [6.07, 6.45) is 4.15. The van der Waals surface area contributed by atoms with Gasteiger partial charge in [-0.2, -0.15) is 0 Å². The molecule has 0 spiro atoms. The smallest absolute Gasteiger partial charge is 0.0543 e. The molecule has 0 amide bonds. The van der Waals surface area contributed by atoms with Crippen LogP contribution < -0.4 is 0 Å². The second kappa shape index (κ2) is 1.72. The minimum Gasteiger partial charge on any atom is -0.393 e. The number of aliphatic hydroxyl groups is 1. The predicted octanol–water partition coefficient (Wildman–Crippen LogP) is 1.41. The predicted molar refractivity (Wildman–Crippen MR) is 36.0 cm³/mol. The summed E-state index contributed by atoms with van der Waals surface area (Å²) in [5, 5.41) is 9.14. The Morgan fingerprint density at radius 2 is 2.11 bits per heavy atom. The van der Waals surface area contributed by atoms with Crippen LogP contribution in [0.4, 0.5) is 0 Å². The molecule has 52 valence electrons. The molecule has 0 aromatic rings. The van der Waals surface area contributed by atoms with Crippen LogP contribution >= 0.6 is 0 Å². The topological polar surface area (TPSA) is 20.2 Å². The van der Waals surface area contributed by atoms with E-state index in [2.05, 4.69) is 0 Å². The third kappa shape index (κ3) is 0.983. The lowest BCUT2D eigenvalue weighted by Crippen LogP contribution is -2.04. The standard InChI is InChI=1S/C8H14O/c1-5(9)7-4-8(7)6-2-3-6/h5-9H,2-4H2,1H3/t5-,7+,8+/m1/s1. The average molecular weight is 126 g/mol. The Morgan fingerprint density at radius 3 is 2.44 bits per heavy atom. The molecule has 1 nitrogen and oxygen atoms in total. The monoisotopic (exact) mass is 126 g/mol. The summed E-state index contributed by atoms with van der Waals surface area (Å²) in [4.78, 5) is 0. The summed E-state index contributed by atoms with van der Waals surface area (Å²) < 4.78 is 0. The molecule has 0 aliphatic heterocycles. The molecule has 2 aliphatic carbocycles. The minimum atomic E-state index is -0.0319. The summed E-state index contributed by atoms with van der Waals surface area (Å²) in [7, 11) is 0. The lowest BCUT2D eigenvalue weighted by atomic mass is 10.1. The van der Waals surface area contributed by atoms with Gasteiger partial charge in [-0.25, -0.2) is 0 Å². The maximum absolute atomic E-state index is 9.14. The van der Waals surface area contributed by atoms with E-state index >= 15 is 0 Å². The summed E-state index contributed by atoms with van der Waals surface area (Å²) in [5.74, 6) is 2.62. The molecule has 1 heteroatoms. The van der Waals surface area contributed by atoms with Crippen molar-refractivity contribution >= 4 is 0 Å². The van der Waals surface area contributed by atoms with Gasteiger partial charge in [0.05, 0.1) is 6.10 Å². The third-order valence-corrected chi connectivity index (χ3v) is 2.74. The maximum Gasteiger partial charge on any atom is 0.0543 e. The molecule has 2 rings (SSSR count). The van der Waals surface area contributed by atoms with E-state index in [1.165, 1.54) is 19.3 Å². The Hall–Kier alpha value is -0.0400. The van der Waals surface area contributed by atoms with Crippen molar-refractivity contribution in [3.05, 3.63) is 0 Å². The number of hydrogen-bond donors (Lipinski definition) is 1. The van der Waals surface area contributed by atoms with E-state index < -0.39 is 0 Å². The first-order valence-corrected chi connectivity index (χ1v) is 3.97. The van der Waals surface area contributed by atoms with Crippen molar-refractivity contribution < 1.29 is 5.11 Å². The molecule has 0 aromatic carbocycles. The van der Waals surface area contributed by atoms with Gasteiger partial charge in [-0.1, -0.05) is 0 Å². The zero-order valence-corrected chi connectivity index (χ0v) is 5.88. The Balaban J connectivity index is 1.81. The molecular weight excluding hydrogens is 112 g/mol. The molecule has 0 saturated heterocycles. The largest absolute Gasteiger partial charge is 0.393 e. The first kappa shape index (κ1) is 5.72. The summed E-state index contributed by atoms with van der Waals surface area (Å²) in [5.41, 5.74) is 0. The summed E-state index contributed by atoms with van der Waals surface area (Å²) in [6.45, 7) is 1.92. The normalized spacial score (nSPS) is 44.7. The van der Waals surface area contributed by atoms with Crippen molar-refractivity contribution in [3.63, 3.8) is 0 Å². The lowest BCUT2D eigenvalue weighted by Gasteiger charge is -1.99. The van der Waals surface area contributed by atoms with Gasteiger partial charge in [0, 0.05) is 0 Å². The third-order valence-electron chi connectivity index (χ3n) is 2.74. The molecule has 2 aliphatic rings. The zero-order valence-electron chi connectivity index (χ0n) is 5.88. The number of hydrogen-bond acceptors (Lipinski definition) is 1. The minimum absolute atomic E-state index is 0.0319. The molecular formula is C8H14O. The van der Waals surface area contributed by atoms with Gasteiger partial charge in [-0.3, -0.25) is 0 Å². The van der Waals surface area contributed by atoms with E-state index in [0.29, 0.717) is 5.92 Å². The van der Waals surface area contributed by atoms with E-state index in [4.69, 9.17) is 5.11 Å². The molecule has 0 unspecified atom stereocenters. The van der Waals surface area contributed by atoms with Crippen molar-refractivity contribution in [2.24, 2.45) is 17.8 Å². The van der Waals surface area contributed by atoms with Crippen LogP contribution in [0.2, 0.25) is 0 Å². The molecule has 1 N–H and O–H groups in total. The highest BCUT2D eigenvalue weighted by Crippen LogP contribution is 2.55. The average Bonchev–Trinajstić information content (AvgIpc) is 2.60.